The predicted molar refractivity (Wildman–Crippen MR) is 155 cm³/mol. The molecule has 0 saturated carbocycles. The van der Waals surface area contributed by atoms with E-state index < -0.39 is 0 Å². The molecule has 1 aliphatic rings. The highest BCUT2D eigenvalue weighted by molar-refractivity contribution is 8.05. The SMILES string of the molecule is Cc1ccc(C=C2SC(c3cn(-c4ccccc4)nc3-c3ccccc3)N(c3ccccn3)C2=O)c(C)c1. The third kappa shape index (κ3) is 4.55. The molecule has 2 aromatic heterocycles. The van der Waals surface area contributed by atoms with Crippen molar-refractivity contribution in [2.45, 2.75) is 19.2 Å². The molecule has 0 bridgehead atoms. The van der Waals surface area contributed by atoms with Crippen LogP contribution in [0.2, 0.25) is 0 Å². The Labute approximate surface area is 226 Å². The minimum absolute atomic E-state index is 0.0647. The summed E-state index contributed by atoms with van der Waals surface area (Å²) in [4.78, 5) is 21.0. The van der Waals surface area contributed by atoms with Crippen LogP contribution < -0.4 is 4.90 Å². The smallest absolute Gasteiger partial charge is 0.267 e. The van der Waals surface area contributed by atoms with Gasteiger partial charge in [0.1, 0.15) is 11.2 Å². The molecule has 1 amide bonds. The number of aryl methyl sites for hydroxylation is 2. The van der Waals surface area contributed by atoms with E-state index >= 15 is 0 Å². The Hall–Kier alpha value is -4.42. The molecule has 1 fully saturated rings. The number of benzene rings is 3. The summed E-state index contributed by atoms with van der Waals surface area (Å²) >= 11 is 1.54. The number of hydrogen-bond donors (Lipinski definition) is 0. The summed E-state index contributed by atoms with van der Waals surface area (Å²) in [5.41, 5.74) is 7.13. The second kappa shape index (κ2) is 10.1. The van der Waals surface area contributed by atoms with Crippen molar-refractivity contribution >= 4 is 29.6 Å². The quantitative estimate of drug-likeness (QED) is 0.230. The van der Waals surface area contributed by atoms with Crippen LogP contribution in [-0.4, -0.2) is 20.7 Å². The normalized spacial score (nSPS) is 16.4. The summed E-state index contributed by atoms with van der Waals surface area (Å²) in [6, 6.07) is 32.1. The summed E-state index contributed by atoms with van der Waals surface area (Å²) < 4.78 is 1.89. The molecule has 0 radical (unpaired) electrons. The van der Waals surface area contributed by atoms with E-state index in [-0.39, 0.29) is 11.3 Å². The van der Waals surface area contributed by atoms with Crippen molar-refractivity contribution in [1.82, 2.24) is 14.8 Å². The lowest BCUT2D eigenvalue weighted by molar-refractivity contribution is -0.114. The first-order chi connectivity index (χ1) is 18.6. The van der Waals surface area contributed by atoms with Crippen LogP contribution in [0.3, 0.4) is 0 Å². The van der Waals surface area contributed by atoms with E-state index in [1.807, 2.05) is 83.7 Å². The van der Waals surface area contributed by atoms with Crippen LogP contribution in [0, 0.1) is 13.8 Å². The first-order valence-corrected chi connectivity index (χ1v) is 13.4. The van der Waals surface area contributed by atoms with E-state index in [1.54, 1.807) is 22.9 Å². The van der Waals surface area contributed by atoms with E-state index in [1.165, 1.54) is 5.56 Å². The number of carbonyl (C=O) groups excluding carboxylic acids is 1. The molecule has 0 spiro atoms. The van der Waals surface area contributed by atoms with Crippen molar-refractivity contribution in [2.24, 2.45) is 0 Å². The van der Waals surface area contributed by atoms with E-state index in [0.29, 0.717) is 10.7 Å². The van der Waals surface area contributed by atoms with Gasteiger partial charge in [-0.1, -0.05) is 90.1 Å². The number of amides is 1. The number of aromatic nitrogens is 3. The minimum atomic E-state index is -0.331. The largest absolute Gasteiger partial charge is 0.275 e. The van der Waals surface area contributed by atoms with Gasteiger partial charge >= 0.3 is 0 Å². The number of carbonyl (C=O) groups is 1. The fourth-order valence-electron chi connectivity index (χ4n) is 4.70. The number of pyridine rings is 1. The Bertz CT molecular complexity index is 1630. The van der Waals surface area contributed by atoms with Crippen molar-refractivity contribution < 1.29 is 4.79 Å². The average Bonchev–Trinajstić information content (AvgIpc) is 3.53. The van der Waals surface area contributed by atoms with Crippen molar-refractivity contribution in [2.75, 3.05) is 4.90 Å². The molecule has 1 atom stereocenters. The maximum Gasteiger partial charge on any atom is 0.267 e. The first-order valence-electron chi connectivity index (χ1n) is 12.5. The van der Waals surface area contributed by atoms with Crippen molar-refractivity contribution in [1.29, 1.82) is 0 Å². The van der Waals surface area contributed by atoms with Gasteiger partial charge in [0, 0.05) is 23.5 Å². The van der Waals surface area contributed by atoms with E-state index in [9.17, 15) is 4.79 Å². The molecule has 1 saturated heterocycles. The maximum absolute atomic E-state index is 14.0. The maximum atomic E-state index is 14.0. The molecule has 1 unspecified atom stereocenters. The Morgan fingerprint density at radius 3 is 2.32 bits per heavy atom. The summed E-state index contributed by atoms with van der Waals surface area (Å²) in [7, 11) is 0. The van der Waals surface area contributed by atoms with Gasteiger partial charge in [-0.2, -0.15) is 5.10 Å². The van der Waals surface area contributed by atoms with Gasteiger partial charge in [-0.15, -0.1) is 0 Å². The number of anilines is 1. The van der Waals surface area contributed by atoms with E-state index in [2.05, 4.69) is 49.2 Å². The Kier molecular flexibility index (Phi) is 6.40. The van der Waals surface area contributed by atoms with Crippen LogP contribution in [0.4, 0.5) is 5.82 Å². The Morgan fingerprint density at radius 1 is 0.868 bits per heavy atom. The number of hydrogen-bond acceptors (Lipinski definition) is 4. The minimum Gasteiger partial charge on any atom is -0.275 e. The molecule has 1 aliphatic heterocycles. The number of para-hydroxylation sites is 1. The van der Waals surface area contributed by atoms with Gasteiger partial charge in [0.2, 0.25) is 0 Å². The molecule has 6 rings (SSSR count). The van der Waals surface area contributed by atoms with Gasteiger partial charge in [0.15, 0.2) is 0 Å². The Morgan fingerprint density at radius 2 is 1.61 bits per heavy atom. The number of nitrogens with zero attached hydrogens (tertiary/aromatic N) is 4. The monoisotopic (exact) mass is 514 g/mol. The molecule has 0 aliphatic carbocycles. The van der Waals surface area contributed by atoms with Crippen LogP contribution in [0.25, 0.3) is 23.0 Å². The highest BCUT2D eigenvalue weighted by Crippen LogP contribution is 2.50. The van der Waals surface area contributed by atoms with E-state index in [0.717, 1.165) is 33.6 Å². The molecule has 5 aromatic rings. The lowest BCUT2D eigenvalue weighted by Crippen LogP contribution is -2.28. The third-order valence-corrected chi connectivity index (χ3v) is 7.82. The van der Waals surface area contributed by atoms with Crippen LogP contribution in [0.1, 0.15) is 27.6 Å². The van der Waals surface area contributed by atoms with Gasteiger partial charge in [-0.25, -0.2) is 9.67 Å². The van der Waals surface area contributed by atoms with Crippen LogP contribution in [0.15, 0.2) is 114 Å². The second-order valence-corrected chi connectivity index (χ2v) is 10.4. The van der Waals surface area contributed by atoms with Crippen LogP contribution in [-0.2, 0) is 4.79 Å². The van der Waals surface area contributed by atoms with E-state index in [4.69, 9.17) is 5.10 Å². The molecule has 3 aromatic carbocycles. The molecule has 186 valence electrons. The zero-order valence-electron chi connectivity index (χ0n) is 21.2. The Balaban J connectivity index is 1.51. The van der Waals surface area contributed by atoms with Crippen molar-refractivity contribution in [3.05, 3.63) is 137 Å². The average molecular weight is 515 g/mol. The fourth-order valence-corrected chi connectivity index (χ4v) is 5.94. The molecule has 0 N–H and O–H groups in total. The summed E-state index contributed by atoms with van der Waals surface area (Å²) in [6.45, 7) is 4.16. The first kappa shape index (κ1) is 23.9. The van der Waals surface area contributed by atoms with Crippen LogP contribution in [0.5, 0.6) is 0 Å². The lowest BCUT2D eigenvalue weighted by atomic mass is 10.1. The number of thioether (sulfide) groups is 1. The standard InChI is InChI=1S/C32H26N4OS/c1-22-16-17-25(23(2)19-22)20-28-31(37)36(29-15-9-10-18-33-29)32(38-28)27-21-35(26-13-7-4-8-14-26)34-30(27)24-11-5-3-6-12-24/h3-21,32H,1-2H3. The lowest BCUT2D eigenvalue weighted by Gasteiger charge is -2.22. The zero-order valence-corrected chi connectivity index (χ0v) is 22.0. The molecule has 5 nitrogen and oxygen atoms in total. The van der Waals surface area contributed by atoms with Crippen molar-refractivity contribution in [3.8, 4) is 16.9 Å². The van der Waals surface area contributed by atoms with Gasteiger partial charge in [-0.05, 0) is 55.3 Å². The molecular weight excluding hydrogens is 488 g/mol. The third-order valence-electron chi connectivity index (χ3n) is 6.59. The summed E-state index contributed by atoms with van der Waals surface area (Å²) in [6.07, 6.45) is 5.77. The van der Waals surface area contributed by atoms with Crippen molar-refractivity contribution in [3.63, 3.8) is 0 Å². The molecular formula is C32H26N4OS. The highest BCUT2D eigenvalue weighted by atomic mass is 32.2. The van der Waals surface area contributed by atoms with Gasteiger partial charge in [-0.3, -0.25) is 9.69 Å². The zero-order chi connectivity index (χ0) is 26.1. The predicted octanol–water partition coefficient (Wildman–Crippen LogP) is 7.37. The molecule has 3 heterocycles. The van der Waals surface area contributed by atoms with Crippen LogP contribution >= 0.6 is 11.8 Å². The second-order valence-electron chi connectivity index (χ2n) is 9.28. The van der Waals surface area contributed by atoms with Gasteiger partial charge in [0.25, 0.3) is 5.91 Å². The fraction of sp³-hybridized carbons (Fsp3) is 0.0938. The molecule has 38 heavy (non-hydrogen) atoms. The summed E-state index contributed by atoms with van der Waals surface area (Å²) in [5, 5.41) is 4.68. The summed E-state index contributed by atoms with van der Waals surface area (Å²) in [5.74, 6) is 0.552. The highest BCUT2D eigenvalue weighted by Gasteiger charge is 2.41. The topological polar surface area (TPSA) is 51.0 Å². The van der Waals surface area contributed by atoms with Gasteiger partial charge in [0.05, 0.1) is 16.3 Å². The number of rotatable bonds is 5. The molecule has 6 heteroatoms. The van der Waals surface area contributed by atoms with Gasteiger partial charge < -0.3 is 0 Å².